The van der Waals surface area contributed by atoms with E-state index in [1.807, 2.05) is 57.2 Å². The Morgan fingerprint density at radius 3 is 2.62 bits per heavy atom. The van der Waals surface area contributed by atoms with Crippen LogP contribution in [0.15, 0.2) is 75.7 Å². The van der Waals surface area contributed by atoms with Gasteiger partial charge in [0.05, 0.1) is 18.9 Å². The van der Waals surface area contributed by atoms with Gasteiger partial charge in [-0.1, -0.05) is 47.6 Å². The molecule has 40 heavy (non-hydrogen) atoms. The number of hydrogen-bond acceptors (Lipinski definition) is 6. The van der Waals surface area contributed by atoms with Gasteiger partial charge in [0, 0.05) is 30.5 Å². The standard InChI is InChI=1S/C33H32N2O5/c1-21-7-8-26-19-31(39-30(26)15-21)33(36)35-11-12-37-13-14-38-29-10-9-27(32-22(2)34-40-23(32)3)18-28(29)17-24-5-4-6-25(16-24)20-35/h4-10,15-16,18-19H,11-14,17,20H2,1-3H3. The van der Waals surface area contributed by atoms with E-state index in [1.54, 1.807) is 4.90 Å². The Morgan fingerprint density at radius 1 is 0.900 bits per heavy atom. The van der Waals surface area contributed by atoms with Crippen LogP contribution in [0.5, 0.6) is 5.75 Å². The van der Waals surface area contributed by atoms with Crippen LogP contribution in [0.1, 0.15) is 44.3 Å². The molecule has 7 heteroatoms. The Hall–Kier alpha value is -4.36. The van der Waals surface area contributed by atoms with Gasteiger partial charge in [0.25, 0.3) is 5.91 Å². The maximum absolute atomic E-state index is 13.6. The maximum atomic E-state index is 13.6. The Balaban J connectivity index is 1.31. The predicted molar refractivity (Wildman–Crippen MR) is 153 cm³/mol. The molecule has 0 N–H and O–H groups in total. The summed E-state index contributed by atoms with van der Waals surface area (Å²) < 4.78 is 23.4. The number of amides is 1. The van der Waals surface area contributed by atoms with E-state index in [2.05, 4.69) is 35.5 Å². The SMILES string of the molecule is Cc1ccc2cc(C(=O)N3CCOCCOc4ccc(-c5c(C)noc5C)cc4Cc4cccc(c4)C3)oc2c1. The number of carbonyl (C=O) groups is 1. The lowest BCUT2D eigenvalue weighted by atomic mass is 9.96. The van der Waals surface area contributed by atoms with E-state index in [0.29, 0.717) is 45.1 Å². The molecule has 5 aromatic rings. The molecule has 0 radical (unpaired) electrons. The first-order valence-electron chi connectivity index (χ1n) is 13.6. The fraction of sp³-hybridized carbons (Fsp3) is 0.273. The summed E-state index contributed by atoms with van der Waals surface area (Å²) in [6.07, 6.45) is 0.679. The summed E-state index contributed by atoms with van der Waals surface area (Å²) in [5.74, 6) is 1.81. The zero-order valence-electron chi connectivity index (χ0n) is 23.0. The number of carbonyl (C=O) groups excluding carboxylic acids is 1. The molecule has 7 nitrogen and oxygen atoms in total. The molecular weight excluding hydrogens is 504 g/mol. The second-order valence-electron chi connectivity index (χ2n) is 10.4. The van der Waals surface area contributed by atoms with Crippen LogP contribution in [0, 0.1) is 20.8 Å². The normalized spacial score (nSPS) is 14.4. The average Bonchev–Trinajstić information content (AvgIpc) is 3.52. The Morgan fingerprint density at radius 2 is 1.77 bits per heavy atom. The smallest absolute Gasteiger partial charge is 0.289 e. The molecule has 6 rings (SSSR count). The van der Waals surface area contributed by atoms with Gasteiger partial charge in [0.15, 0.2) is 5.76 Å². The van der Waals surface area contributed by atoms with Gasteiger partial charge in [-0.2, -0.15) is 0 Å². The van der Waals surface area contributed by atoms with Gasteiger partial charge < -0.3 is 23.3 Å². The average molecular weight is 537 g/mol. The first-order valence-corrected chi connectivity index (χ1v) is 13.6. The van der Waals surface area contributed by atoms with E-state index in [4.69, 9.17) is 18.4 Å². The van der Waals surface area contributed by atoms with Crippen LogP contribution in [-0.2, 0) is 17.7 Å². The molecule has 0 saturated heterocycles. The van der Waals surface area contributed by atoms with Crippen molar-refractivity contribution in [2.75, 3.05) is 26.4 Å². The summed E-state index contributed by atoms with van der Waals surface area (Å²) in [7, 11) is 0. The van der Waals surface area contributed by atoms with Crippen LogP contribution >= 0.6 is 0 Å². The highest BCUT2D eigenvalue weighted by Gasteiger charge is 2.21. The minimum absolute atomic E-state index is 0.152. The van der Waals surface area contributed by atoms with Gasteiger partial charge in [-0.25, -0.2) is 0 Å². The van der Waals surface area contributed by atoms with E-state index >= 15 is 0 Å². The largest absolute Gasteiger partial charge is 0.491 e. The van der Waals surface area contributed by atoms with E-state index < -0.39 is 0 Å². The third kappa shape index (κ3) is 5.38. The van der Waals surface area contributed by atoms with Crippen molar-refractivity contribution >= 4 is 16.9 Å². The van der Waals surface area contributed by atoms with Crippen molar-refractivity contribution in [3.05, 3.63) is 106 Å². The molecule has 0 saturated carbocycles. The van der Waals surface area contributed by atoms with Crippen molar-refractivity contribution in [2.45, 2.75) is 33.7 Å². The van der Waals surface area contributed by atoms with Gasteiger partial charge >= 0.3 is 0 Å². The fourth-order valence-electron chi connectivity index (χ4n) is 5.33. The Labute approximate surface area is 233 Å². The first-order chi connectivity index (χ1) is 19.4. The topological polar surface area (TPSA) is 77.9 Å². The second kappa shape index (κ2) is 11.0. The van der Waals surface area contributed by atoms with E-state index in [-0.39, 0.29) is 5.91 Å². The molecule has 0 fully saturated rings. The molecule has 1 aliphatic heterocycles. The van der Waals surface area contributed by atoms with Crippen molar-refractivity contribution in [1.29, 1.82) is 0 Å². The molecule has 2 bridgehead atoms. The zero-order valence-corrected chi connectivity index (χ0v) is 23.0. The molecule has 0 spiro atoms. The summed E-state index contributed by atoms with van der Waals surface area (Å²) in [6.45, 7) is 8.01. The number of benzene rings is 3. The number of fused-ring (bicyclic) bond motifs is 4. The summed E-state index contributed by atoms with van der Waals surface area (Å²) in [6, 6.07) is 22.3. The van der Waals surface area contributed by atoms with Crippen LogP contribution in [0.4, 0.5) is 0 Å². The third-order valence-electron chi connectivity index (χ3n) is 7.31. The Kier molecular flexibility index (Phi) is 7.13. The monoisotopic (exact) mass is 536 g/mol. The third-order valence-corrected chi connectivity index (χ3v) is 7.31. The minimum atomic E-state index is -0.152. The second-order valence-corrected chi connectivity index (χ2v) is 10.4. The number of nitrogens with zero attached hydrogens (tertiary/aromatic N) is 2. The van der Waals surface area contributed by atoms with Crippen LogP contribution in [0.2, 0.25) is 0 Å². The molecule has 0 aliphatic carbocycles. The maximum Gasteiger partial charge on any atom is 0.289 e. The first kappa shape index (κ1) is 25.9. The molecule has 1 aliphatic rings. The van der Waals surface area contributed by atoms with Gasteiger partial charge in [-0.3, -0.25) is 4.79 Å². The van der Waals surface area contributed by atoms with Gasteiger partial charge in [0.1, 0.15) is 23.7 Å². The number of furan rings is 1. The molecule has 3 heterocycles. The minimum Gasteiger partial charge on any atom is -0.491 e. The van der Waals surface area contributed by atoms with E-state index in [1.165, 1.54) is 0 Å². The van der Waals surface area contributed by atoms with Crippen molar-refractivity contribution < 1.29 is 23.2 Å². The lowest BCUT2D eigenvalue weighted by molar-refractivity contribution is 0.0549. The number of rotatable bonds is 2. The van der Waals surface area contributed by atoms with Gasteiger partial charge in [-0.15, -0.1) is 0 Å². The summed E-state index contributed by atoms with van der Waals surface area (Å²) in [5, 5.41) is 5.04. The van der Waals surface area contributed by atoms with Crippen molar-refractivity contribution in [3.8, 4) is 16.9 Å². The fourth-order valence-corrected chi connectivity index (χ4v) is 5.33. The van der Waals surface area contributed by atoms with Gasteiger partial charge in [-0.05, 0) is 72.9 Å². The molecule has 3 aromatic carbocycles. The van der Waals surface area contributed by atoms with Crippen molar-refractivity contribution in [1.82, 2.24) is 10.1 Å². The summed E-state index contributed by atoms with van der Waals surface area (Å²) in [5.41, 5.74) is 7.97. The van der Waals surface area contributed by atoms with Crippen LogP contribution in [0.25, 0.3) is 22.1 Å². The number of ether oxygens (including phenoxy) is 2. The number of aryl methyl sites for hydroxylation is 3. The number of hydrogen-bond donors (Lipinski definition) is 0. The predicted octanol–water partition coefficient (Wildman–Crippen LogP) is 6.66. The molecule has 204 valence electrons. The Bertz CT molecular complexity index is 1660. The highest BCUT2D eigenvalue weighted by molar-refractivity contribution is 5.96. The molecule has 1 amide bonds. The highest BCUT2D eigenvalue weighted by Crippen LogP contribution is 2.32. The summed E-state index contributed by atoms with van der Waals surface area (Å²) in [4.78, 5) is 15.4. The summed E-state index contributed by atoms with van der Waals surface area (Å²) >= 11 is 0. The lowest BCUT2D eigenvalue weighted by Crippen LogP contribution is -2.33. The molecule has 2 aromatic heterocycles. The number of aromatic nitrogens is 1. The van der Waals surface area contributed by atoms with Crippen LogP contribution in [0.3, 0.4) is 0 Å². The van der Waals surface area contributed by atoms with E-state index in [9.17, 15) is 4.79 Å². The quantitative estimate of drug-likeness (QED) is 0.251. The van der Waals surface area contributed by atoms with Crippen LogP contribution in [-0.4, -0.2) is 42.3 Å². The molecule has 0 atom stereocenters. The molecule has 0 unspecified atom stereocenters. The van der Waals surface area contributed by atoms with Crippen molar-refractivity contribution in [3.63, 3.8) is 0 Å². The zero-order chi connectivity index (χ0) is 27.6. The van der Waals surface area contributed by atoms with Crippen LogP contribution < -0.4 is 4.74 Å². The highest BCUT2D eigenvalue weighted by atomic mass is 16.5. The van der Waals surface area contributed by atoms with Crippen molar-refractivity contribution in [2.24, 2.45) is 0 Å². The van der Waals surface area contributed by atoms with E-state index in [0.717, 1.165) is 61.6 Å². The van der Waals surface area contributed by atoms with Gasteiger partial charge in [0.2, 0.25) is 0 Å². The lowest BCUT2D eigenvalue weighted by Gasteiger charge is -2.23. The molecular formula is C33H32N2O5.